The molecular weight excluding hydrogens is 184 g/mol. The quantitative estimate of drug-likeness (QED) is 0.595. The lowest BCUT2D eigenvalue weighted by Gasteiger charge is -2.34. The Balaban J connectivity index is 2.08. The molecule has 2 rings (SSSR count). The van der Waals surface area contributed by atoms with E-state index in [9.17, 15) is 9.59 Å². The molecule has 2 aliphatic rings. The van der Waals surface area contributed by atoms with Gasteiger partial charge in [0.25, 0.3) is 0 Å². The summed E-state index contributed by atoms with van der Waals surface area (Å²) in [7, 11) is 0. The van der Waals surface area contributed by atoms with Crippen LogP contribution in [0, 0.1) is 0 Å². The lowest BCUT2D eigenvalue weighted by atomic mass is 10.1. The number of nitrogens with zero attached hydrogens (tertiary/aromatic N) is 1. The molecule has 0 aromatic carbocycles. The van der Waals surface area contributed by atoms with Crippen LogP contribution in [0.5, 0.6) is 0 Å². The second-order valence-corrected chi connectivity index (χ2v) is 3.77. The molecule has 2 atom stereocenters. The fourth-order valence-electron chi connectivity index (χ4n) is 1.91. The molecule has 0 saturated carbocycles. The Morgan fingerprint density at radius 3 is 2.93 bits per heavy atom. The zero-order valence-corrected chi connectivity index (χ0v) is 8.16. The lowest BCUT2D eigenvalue weighted by molar-refractivity contribution is -0.146. The van der Waals surface area contributed by atoms with E-state index in [1.807, 2.05) is 0 Å². The summed E-state index contributed by atoms with van der Waals surface area (Å²) in [4.78, 5) is 24.6. The molecule has 5 nitrogen and oxygen atoms in total. The largest absolute Gasteiger partial charge is 0.379 e. The third-order valence-electron chi connectivity index (χ3n) is 2.69. The second-order valence-electron chi connectivity index (χ2n) is 3.77. The van der Waals surface area contributed by atoms with Crippen LogP contribution in [0.4, 0.5) is 0 Å². The van der Waals surface area contributed by atoms with Gasteiger partial charge in [0.15, 0.2) is 0 Å². The van der Waals surface area contributed by atoms with Crippen molar-refractivity contribution in [1.29, 1.82) is 0 Å². The molecule has 14 heavy (non-hydrogen) atoms. The SMILES string of the molecule is CC1NC(=O)CN(C2CCOC2)C1=O. The van der Waals surface area contributed by atoms with Gasteiger partial charge in [-0.15, -0.1) is 0 Å². The smallest absolute Gasteiger partial charge is 0.245 e. The number of hydrogen-bond acceptors (Lipinski definition) is 3. The number of hydrogen-bond donors (Lipinski definition) is 1. The summed E-state index contributed by atoms with van der Waals surface area (Å²) in [5, 5.41) is 2.61. The van der Waals surface area contributed by atoms with E-state index >= 15 is 0 Å². The Morgan fingerprint density at radius 1 is 1.50 bits per heavy atom. The standard InChI is InChI=1S/C9H14N2O3/c1-6-9(13)11(4-8(12)10-6)7-2-3-14-5-7/h6-7H,2-5H2,1H3,(H,10,12). The minimum Gasteiger partial charge on any atom is -0.379 e. The summed E-state index contributed by atoms with van der Waals surface area (Å²) in [6.45, 7) is 3.13. The minimum absolute atomic E-state index is 0.0000926. The summed E-state index contributed by atoms with van der Waals surface area (Å²) >= 11 is 0. The molecule has 2 aliphatic heterocycles. The van der Waals surface area contributed by atoms with Crippen molar-refractivity contribution in [3.8, 4) is 0 Å². The molecule has 2 fully saturated rings. The summed E-state index contributed by atoms with van der Waals surface area (Å²) in [6, 6.07) is -0.298. The molecule has 0 aromatic rings. The van der Waals surface area contributed by atoms with Crippen molar-refractivity contribution in [2.75, 3.05) is 19.8 Å². The Kier molecular flexibility index (Phi) is 2.41. The highest BCUT2D eigenvalue weighted by atomic mass is 16.5. The second kappa shape index (κ2) is 3.57. The van der Waals surface area contributed by atoms with Gasteiger partial charge in [0.1, 0.15) is 6.04 Å². The predicted octanol–water partition coefficient (Wildman–Crippen LogP) is -0.878. The van der Waals surface area contributed by atoms with E-state index < -0.39 is 6.04 Å². The highest BCUT2D eigenvalue weighted by Crippen LogP contribution is 2.15. The molecule has 5 heteroatoms. The number of carbonyl (C=O) groups is 2. The van der Waals surface area contributed by atoms with Gasteiger partial charge in [0.05, 0.1) is 19.2 Å². The van der Waals surface area contributed by atoms with Crippen LogP contribution in [-0.2, 0) is 14.3 Å². The van der Waals surface area contributed by atoms with Gasteiger partial charge in [-0.3, -0.25) is 9.59 Å². The summed E-state index contributed by atoms with van der Waals surface area (Å²) in [6.07, 6.45) is 0.839. The zero-order chi connectivity index (χ0) is 10.1. The number of rotatable bonds is 1. The Morgan fingerprint density at radius 2 is 2.29 bits per heavy atom. The van der Waals surface area contributed by atoms with E-state index in [1.165, 1.54) is 0 Å². The fourth-order valence-corrected chi connectivity index (χ4v) is 1.91. The molecule has 0 bridgehead atoms. The van der Waals surface area contributed by atoms with Gasteiger partial charge < -0.3 is 15.0 Å². The Labute approximate surface area is 82.4 Å². The first-order valence-electron chi connectivity index (χ1n) is 4.86. The molecule has 78 valence electrons. The number of ether oxygens (including phenoxy) is 1. The summed E-state index contributed by atoms with van der Waals surface area (Å²) < 4.78 is 5.20. The Bertz CT molecular complexity index is 261. The van der Waals surface area contributed by atoms with Gasteiger partial charge >= 0.3 is 0 Å². The maximum Gasteiger partial charge on any atom is 0.245 e. The average Bonchev–Trinajstić information content (AvgIpc) is 2.63. The monoisotopic (exact) mass is 198 g/mol. The maximum atomic E-state index is 11.7. The first kappa shape index (κ1) is 9.45. The van der Waals surface area contributed by atoms with Crippen LogP contribution in [0.25, 0.3) is 0 Å². The maximum absolute atomic E-state index is 11.7. The minimum atomic E-state index is -0.392. The predicted molar refractivity (Wildman–Crippen MR) is 48.5 cm³/mol. The molecule has 2 heterocycles. The number of carbonyl (C=O) groups excluding carboxylic acids is 2. The molecule has 2 saturated heterocycles. The molecule has 0 spiro atoms. The third-order valence-corrected chi connectivity index (χ3v) is 2.69. The van der Waals surface area contributed by atoms with E-state index in [2.05, 4.69) is 5.32 Å². The van der Waals surface area contributed by atoms with Gasteiger partial charge in [-0.05, 0) is 13.3 Å². The van der Waals surface area contributed by atoms with E-state index in [0.717, 1.165) is 6.42 Å². The average molecular weight is 198 g/mol. The van der Waals surface area contributed by atoms with Crippen LogP contribution >= 0.6 is 0 Å². The summed E-state index contributed by atoms with van der Waals surface area (Å²) in [5.41, 5.74) is 0. The Hall–Kier alpha value is -1.10. The summed E-state index contributed by atoms with van der Waals surface area (Å²) in [5.74, 6) is -0.0795. The van der Waals surface area contributed by atoms with Crippen LogP contribution in [-0.4, -0.2) is 48.6 Å². The van der Waals surface area contributed by atoms with Crippen molar-refractivity contribution in [1.82, 2.24) is 10.2 Å². The van der Waals surface area contributed by atoms with Crippen LogP contribution in [0.2, 0.25) is 0 Å². The van der Waals surface area contributed by atoms with Crippen molar-refractivity contribution in [3.05, 3.63) is 0 Å². The molecule has 2 amide bonds. The highest BCUT2D eigenvalue weighted by Gasteiger charge is 2.35. The van der Waals surface area contributed by atoms with Crippen LogP contribution in [0.1, 0.15) is 13.3 Å². The van der Waals surface area contributed by atoms with Gasteiger partial charge in [0.2, 0.25) is 11.8 Å². The van der Waals surface area contributed by atoms with E-state index in [0.29, 0.717) is 13.2 Å². The first-order valence-corrected chi connectivity index (χ1v) is 4.86. The van der Waals surface area contributed by atoms with Crippen LogP contribution in [0.15, 0.2) is 0 Å². The van der Waals surface area contributed by atoms with E-state index in [-0.39, 0.29) is 24.4 Å². The zero-order valence-electron chi connectivity index (χ0n) is 8.16. The van der Waals surface area contributed by atoms with Gasteiger partial charge in [-0.2, -0.15) is 0 Å². The normalized spacial score (nSPS) is 33.4. The topological polar surface area (TPSA) is 58.6 Å². The van der Waals surface area contributed by atoms with Crippen LogP contribution in [0.3, 0.4) is 0 Å². The molecule has 0 radical (unpaired) electrons. The van der Waals surface area contributed by atoms with Crippen molar-refractivity contribution in [2.24, 2.45) is 0 Å². The van der Waals surface area contributed by atoms with Crippen molar-refractivity contribution >= 4 is 11.8 Å². The van der Waals surface area contributed by atoms with Gasteiger partial charge in [-0.25, -0.2) is 0 Å². The van der Waals surface area contributed by atoms with Gasteiger partial charge in [-0.1, -0.05) is 0 Å². The van der Waals surface area contributed by atoms with Gasteiger partial charge in [0, 0.05) is 6.61 Å². The molecule has 2 unspecified atom stereocenters. The lowest BCUT2D eigenvalue weighted by Crippen LogP contribution is -2.59. The van der Waals surface area contributed by atoms with Crippen LogP contribution < -0.4 is 5.32 Å². The number of nitrogens with one attached hydrogen (secondary N) is 1. The van der Waals surface area contributed by atoms with Crippen molar-refractivity contribution in [3.63, 3.8) is 0 Å². The van der Waals surface area contributed by atoms with E-state index in [1.54, 1.807) is 11.8 Å². The third kappa shape index (κ3) is 1.59. The molecule has 1 N–H and O–H groups in total. The van der Waals surface area contributed by atoms with E-state index in [4.69, 9.17) is 4.74 Å². The van der Waals surface area contributed by atoms with Crippen molar-refractivity contribution in [2.45, 2.75) is 25.4 Å². The number of amides is 2. The molecule has 0 aliphatic carbocycles. The van der Waals surface area contributed by atoms with Crippen molar-refractivity contribution < 1.29 is 14.3 Å². The molecule has 0 aromatic heterocycles. The molecular formula is C9H14N2O3. The number of piperazine rings is 1. The fraction of sp³-hybridized carbons (Fsp3) is 0.778. The highest BCUT2D eigenvalue weighted by molar-refractivity contribution is 5.94. The first-order chi connectivity index (χ1) is 6.68.